The monoisotopic (exact) mass is 452 g/mol. The van der Waals surface area contributed by atoms with Gasteiger partial charge in [-0.1, -0.05) is 18.2 Å². The van der Waals surface area contributed by atoms with E-state index >= 15 is 0 Å². The van der Waals surface area contributed by atoms with Gasteiger partial charge in [-0.15, -0.1) is 11.3 Å². The topological polar surface area (TPSA) is 97.6 Å². The first-order chi connectivity index (χ1) is 14.7. The van der Waals surface area contributed by atoms with Crippen LogP contribution >= 0.6 is 11.3 Å². The van der Waals surface area contributed by atoms with Gasteiger partial charge in [0.2, 0.25) is 5.76 Å². The number of hydrogen-bond acceptors (Lipinski definition) is 6. The number of urea groups is 1. The van der Waals surface area contributed by atoms with Crippen LogP contribution in [0, 0.1) is 0 Å². The smallest absolute Gasteiger partial charge is 0.416 e. The number of ether oxygens (including phenoxy) is 1. The lowest BCUT2D eigenvalue weighted by Crippen LogP contribution is -2.41. The van der Waals surface area contributed by atoms with Gasteiger partial charge in [0, 0.05) is 10.4 Å². The van der Waals surface area contributed by atoms with Crippen LogP contribution in [0.15, 0.2) is 58.3 Å². The normalized spacial score (nSPS) is 11.1. The van der Waals surface area contributed by atoms with Crippen LogP contribution in [0.5, 0.6) is 0 Å². The van der Waals surface area contributed by atoms with Gasteiger partial charge >= 0.3 is 18.2 Å². The van der Waals surface area contributed by atoms with Gasteiger partial charge < -0.3 is 14.5 Å². The molecule has 0 atom stereocenters. The minimum atomic E-state index is -4.52. The largest absolute Gasteiger partial charge is 0.450 e. The minimum absolute atomic E-state index is 0.0236. The standard InChI is InChI=1S/C20H15F3N2O5S/c21-20(22,23)13-4-1-3-12(9-13)15-6-7-16(30-15)18(27)29-11-17(26)25-19(28)24-10-14-5-2-8-31-14/h1-9H,10-11H2,(H2,24,25,26,28). The zero-order chi connectivity index (χ0) is 22.4. The number of hydrogen-bond donors (Lipinski definition) is 2. The molecule has 0 aliphatic heterocycles. The summed E-state index contributed by atoms with van der Waals surface area (Å²) in [5, 5.41) is 6.31. The number of imide groups is 1. The van der Waals surface area contributed by atoms with Crippen molar-refractivity contribution >= 4 is 29.2 Å². The Morgan fingerprint density at radius 3 is 2.58 bits per heavy atom. The quantitative estimate of drug-likeness (QED) is 0.546. The Balaban J connectivity index is 1.51. The average Bonchev–Trinajstić information content (AvgIpc) is 3.42. The second-order valence-electron chi connectivity index (χ2n) is 6.13. The summed E-state index contributed by atoms with van der Waals surface area (Å²) in [6.45, 7) is -0.508. The molecule has 3 amide bonds. The Labute approximate surface area is 177 Å². The molecule has 2 N–H and O–H groups in total. The SMILES string of the molecule is O=C(COC(=O)c1ccc(-c2cccc(C(F)(F)F)c2)o1)NC(=O)NCc1cccs1. The summed E-state index contributed by atoms with van der Waals surface area (Å²) in [6, 6.07) is 9.81. The number of furan rings is 1. The average molecular weight is 452 g/mol. The number of esters is 1. The molecule has 31 heavy (non-hydrogen) atoms. The molecule has 0 radical (unpaired) electrons. The Bertz CT molecular complexity index is 1080. The molecule has 0 unspecified atom stereocenters. The van der Waals surface area contributed by atoms with Crippen LogP contribution in [-0.2, 0) is 22.3 Å². The minimum Gasteiger partial charge on any atom is -0.450 e. The van der Waals surface area contributed by atoms with Crippen LogP contribution in [-0.4, -0.2) is 24.5 Å². The van der Waals surface area contributed by atoms with Crippen molar-refractivity contribution in [3.63, 3.8) is 0 Å². The van der Waals surface area contributed by atoms with Crippen molar-refractivity contribution in [1.82, 2.24) is 10.6 Å². The van der Waals surface area contributed by atoms with Crippen molar-refractivity contribution in [1.29, 1.82) is 0 Å². The van der Waals surface area contributed by atoms with E-state index in [9.17, 15) is 27.6 Å². The summed E-state index contributed by atoms with van der Waals surface area (Å²) in [5.74, 6) is -2.15. The van der Waals surface area contributed by atoms with E-state index < -0.39 is 36.3 Å². The second-order valence-corrected chi connectivity index (χ2v) is 7.16. The van der Waals surface area contributed by atoms with Gasteiger partial charge in [-0.2, -0.15) is 13.2 Å². The highest BCUT2D eigenvalue weighted by atomic mass is 32.1. The van der Waals surface area contributed by atoms with Crippen LogP contribution in [0.25, 0.3) is 11.3 Å². The molecular weight excluding hydrogens is 437 g/mol. The summed E-state index contributed by atoms with van der Waals surface area (Å²) in [7, 11) is 0. The van der Waals surface area contributed by atoms with E-state index in [2.05, 4.69) is 5.32 Å². The summed E-state index contributed by atoms with van der Waals surface area (Å²) in [5.41, 5.74) is -0.742. The predicted molar refractivity (Wildman–Crippen MR) is 104 cm³/mol. The summed E-state index contributed by atoms with van der Waals surface area (Å²) >= 11 is 1.43. The molecule has 0 saturated carbocycles. The van der Waals surface area contributed by atoms with Crippen LogP contribution in [0.4, 0.5) is 18.0 Å². The van der Waals surface area contributed by atoms with E-state index in [1.54, 1.807) is 0 Å². The molecule has 1 aromatic carbocycles. The molecule has 0 spiro atoms. The van der Waals surface area contributed by atoms with E-state index in [0.29, 0.717) is 0 Å². The van der Waals surface area contributed by atoms with Gasteiger partial charge in [0.15, 0.2) is 6.61 Å². The molecule has 11 heteroatoms. The van der Waals surface area contributed by atoms with Crippen molar-refractivity contribution in [2.24, 2.45) is 0 Å². The van der Waals surface area contributed by atoms with E-state index in [0.717, 1.165) is 17.0 Å². The molecule has 162 valence electrons. The maximum atomic E-state index is 12.8. The molecular formula is C20H15F3N2O5S. The summed E-state index contributed by atoms with van der Waals surface area (Å²) in [6.07, 6.45) is -4.52. The highest BCUT2D eigenvalue weighted by molar-refractivity contribution is 7.09. The van der Waals surface area contributed by atoms with Crippen LogP contribution < -0.4 is 10.6 Å². The van der Waals surface area contributed by atoms with Crippen LogP contribution in [0.1, 0.15) is 21.0 Å². The lowest BCUT2D eigenvalue weighted by Gasteiger charge is -2.07. The van der Waals surface area contributed by atoms with Crippen molar-refractivity contribution < 1.29 is 36.7 Å². The van der Waals surface area contributed by atoms with Gasteiger partial charge in [-0.25, -0.2) is 9.59 Å². The fraction of sp³-hybridized carbons (Fsp3) is 0.150. The van der Waals surface area contributed by atoms with E-state index in [-0.39, 0.29) is 23.6 Å². The van der Waals surface area contributed by atoms with Gasteiger partial charge in [0.05, 0.1) is 12.1 Å². The maximum absolute atomic E-state index is 12.8. The highest BCUT2D eigenvalue weighted by Crippen LogP contribution is 2.32. The number of thiophene rings is 1. The fourth-order valence-corrected chi connectivity index (χ4v) is 3.09. The third-order valence-corrected chi connectivity index (χ3v) is 4.75. The van der Waals surface area contributed by atoms with E-state index in [1.165, 1.54) is 35.6 Å². The van der Waals surface area contributed by atoms with Gasteiger partial charge in [0.1, 0.15) is 5.76 Å². The van der Waals surface area contributed by atoms with E-state index in [1.807, 2.05) is 22.8 Å². The number of halogens is 3. The number of nitrogens with one attached hydrogen (secondary N) is 2. The third kappa shape index (κ3) is 6.19. The molecule has 7 nitrogen and oxygen atoms in total. The van der Waals surface area contributed by atoms with Crippen molar-refractivity contribution in [3.8, 4) is 11.3 Å². The Morgan fingerprint density at radius 2 is 1.87 bits per heavy atom. The maximum Gasteiger partial charge on any atom is 0.416 e. The van der Waals surface area contributed by atoms with Crippen molar-refractivity contribution in [3.05, 3.63) is 70.1 Å². The van der Waals surface area contributed by atoms with E-state index in [4.69, 9.17) is 9.15 Å². The zero-order valence-corrected chi connectivity index (χ0v) is 16.5. The van der Waals surface area contributed by atoms with Crippen LogP contribution in [0.3, 0.4) is 0 Å². The Hall–Kier alpha value is -3.60. The fourth-order valence-electron chi connectivity index (χ4n) is 2.44. The van der Waals surface area contributed by atoms with Gasteiger partial charge in [-0.3, -0.25) is 10.1 Å². The molecule has 0 aliphatic carbocycles. The number of benzene rings is 1. The number of carbonyl (C=O) groups excluding carboxylic acids is 3. The molecule has 0 fully saturated rings. The first-order valence-electron chi connectivity index (χ1n) is 8.77. The second kappa shape index (κ2) is 9.47. The van der Waals surface area contributed by atoms with Crippen LogP contribution in [0.2, 0.25) is 0 Å². The summed E-state index contributed by atoms with van der Waals surface area (Å²) < 4.78 is 48.5. The molecule has 0 bridgehead atoms. The Morgan fingerprint density at radius 1 is 1.06 bits per heavy atom. The molecule has 2 heterocycles. The number of carbonyl (C=O) groups is 3. The lowest BCUT2D eigenvalue weighted by molar-refractivity contribution is -0.137. The molecule has 2 aromatic heterocycles. The number of rotatable bonds is 6. The molecule has 3 rings (SSSR count). The van der Waals surface area contributed by atoms with Crippen molar-refractivity contribution in [2.75, 3.05) is 6.61 Å². The number of amides is 3. The predicted octanol–water partition coefficient (Wildman–Crippen LogP) is 4.21. The highest BCUT2D eigenvalue weighted by Gasteiger charge is 2.30. The first-order valence-corrected chi connectivity index (χ1v) is 9.65. The molecule has 0 saturated heterocycles. The lowest BCUT2D eigenvalue weighted by atomic mass is 10.1. The Kier molecular flexibility index (Phi) is 6.75. The van der Waals surface area contributed by atoms with Gasteiger partial charge in [-0.05, 0) is 35.7 Å². The van der Waals surface area contributed by atoms with Gasteiger partial charge in [0.25, 0.3) is 5.91 Å². The first kappa shape index (κ1) is 22.1. The summed E-state index contributed by atoms with van der Waals surface area (Å²) in [4.78, 5) is 36.3. The van der Waals surface area contributed by atoms with Crippen molar-refractivity contribution in [2.45, 2.75) is 12.7 Å². The molecule has 3 aromatic rings. The zero-order valence-electron chi connectivity index (χ0n) is 15.7. The number of alkyl halides is 3. The molecule has 0 aliphatic rings. The third-order valence-electron chi connectivity index (χ3n) is 3.87.